The van der Waals surface area contributed by atoms with E-state index in [1.807, 2.05) is 60.7 Å². The lowest BCUT2D eigenvalue weighted by Gasteiger charge is -2.20. The molecule has 3 unspecified atom stereocenters. The predicted molar refractivity (Wildman–Crippen MR) is 433 cm³/mol. The van der Waals surface area contributed by atoms with Gasteiger partial charge in [-0.25, -0.2) is 34.0 Å². The van der Waals surface area contributed by atoms with Gasteiger partial charge in [0.1, 0.15) is 21.4 Å². The molecule has 3 saturated heterocycles. The van der Waals surface area contributed by atoms with Crippen molar-refractivity contribution in [2.24, 2.45) is 0 Å². The van der Waals surface area contributed by atoms with Crippen LogP contribution in [0.2, 0.25) is 10.0 Å². The van der Waals surface area contributed by atoms with E-state index in [0.717, 1.165) is 105 Å². The first-order chi connectivity index (χ1) is 54.3. The monoisotopic (exact) mass is 1640 g/mol. The SMILES string of the molecule is COc1ccc(C2CC(=O)N(c3cccc(NS(=O)(=O)c4c(C)cccc4Cl)c3)C2)cc1OC1CCCC1.COc1ccc(C2CC(=O)N(c3cccc(NS(=O)(=O)c4ccc(F)c(Cl)c4)c3)C2)cc1OC1CCCC1.COc1ccc(C2CC(=O)N(c3cccc(NS(=O)(=O)c4ccccc4F)c3)C2)cc1OC1CCCC1. The smallest absolute Gasteiger partial charge is 0.264 e. The topological polar surface area (TPSA) is 255 Å². The van der Waals surface area contributed by atoms with E-state index in [9.17, 15) is 48.4 Å². The van der Waals surface area contributed by atoms with Crippen LogP contribution in [0.4, 0.5) is 42.9 Å². The highest BCUT2D eigenvalue weighted by Gasteiger charge is 2.37. The second-order valence-electron chi connectivity index (χ2n) is 28.9. The molecule has 9 aromatic rings. The maximum atomic E-state index is 14.1. The summed E-state index contributed by atoms with van der Waals surface area (Å²) in [4.78, 5) is 43.5. The fraction of sp³-hybridized carbons (Fsp3) is 0.329. The first-order valence-corrected chi connectivity index (χ1v) is 42.8. The summed E-state index contributed by atoms with van der Waals surface area (Å²) in [5.41, 5.74) is 6.18. The van der Waals surface area contributed by atoms with E-state index in [-0.39, 0.29) is 85.0 Å². The average Bonchev–Trinajstić information content (AvgIpc) is 0.935. The number of amides is 3. The number of carbonyl (C=O) groups excluding carboxylic acids is 3. The van der Waals surface area contributed by atoms with Gasteiger partial charge in [-0.2, -0.15) is 0 Å². The van der Waals surface area contributed by atoms with Gasteiger partial charge in [-0.3, -0.25) is 28.5 Å². The number of hydrogen-bond donors (Lipinski definition) is 3. The number of carbonyl (C=O) groups is 3. The Morgan fingerprint density at radius 2 is 0.752 bits per heavy atom. The molecule has 3 saturated carbocycles. The number of aryl methyl sites for hydroxylation is 1. The lowest BCUT2D eigenvalue weighted by atomic mass is 9.98. The highest BCUT2D eigenvalue weighted by molar-refractivity contribution is 7.93. The lowest BCUT2D eigenvalue weighted by Crippen LogP contribution is -2.24. The van der Waals surface area contributed by atoms with Crippen LogP contribution in [0.15, 0.2) is 203 Å². The van der Waals surface area contributed by atoms with Crippen molar-refractivity contribution < 1.29 is 76.8 Å². The molecule has 15 rings (SSSR count). The molecule has 6 aliphatic rings. The standard InChI is InChI=1S/C29H31ClN2O5S.C28H28ClFN2O5S.C28H29FN2O5S/c1-19-7-5-12-25(30)29(19)38(34,35)31-22-8-6-9-23(17-22)32-18-21(16-28(32)33)20-13-14-26(36-2)27(15-20)37-24-10-3-4-11-24;1-36-26-12-9-18(13-27(26)37-22-7-2-3-8-22)19-14-28(33)32(17-19)21-6-4-5-20(15-21)31-38(34,35)23-10-11-25(30)24(29)16-23;1-35-25-14-13-19(15-26(25)36-23-9-2-3-10-23)20-16-28(32)31(18-20)22-8-6-7-21(17-22)30-37(33,34)27-12-5-4-11-24(27)29/h5-9,12-15,17,21,24,31H,3-4,10-11,16,18H2,1-2H3;4-6,9-13,15-16,19,22,31H,2-3,7-8,14,17H2,1H3;4-8,11-15,17,20,23,30H,2-3,9-10,16,18H2,1H3. The highest BCUT2D eigenvalue weighted by Crippen LogP contribution is 2.44. The van der Waals surface area contributed by atoms with Crippen molar-refractivity contribution in [3.63, 3.8) is 0 Å². The zero-order valence-electron chi connectivity index (χ0n) is 62.8. The predicted octanol–water partition coefficient (Wildman–Crippen LogP) is 17.9. The summed E-state index contributed by atoms with van der Waals surface area (Å²) in [6.45, 7) is 3.06. The summed E-state index contributed by atoms with van der Waals surface area (Å²) in [6.07, 6.45) is 14.7. The molecular weight excluding hydrogens is 1550 g/mol. The van der Waals surface area contributed by atoms with Crippen LogP contribution < -0.4 is 57.3 Å². The molecular formula is C85H88Cl2F2N6O15S3. The Kier molecular flexibility index (Phi) is 25.4. The zero-order valence-corrected chi connectivity index (χ0v) is 66.8. The van der Waals surface area contributed by atoms with Crippen molar-refractivity contribution in [1.29, 1.82) is 0 Å². The zero-order chi connectivity index (χ0) is 79.7. The fourth-order valence-electron chi connectivity index (χ4n) is 15.3. The minimum atomic E-state index is -4.13. The minimum Gasteiger partial charge on any atom is -0.493 e. The molecule has 9 aromatic carbocycles. The third kappa shape index (κ3) is 19.4. The largest absolute Gasteiger partial charge is 0.493 e. The first kappa shape index (κ1) is 80.9. The molecule has 594 valence electrons. The number of sulfonamides is 3. The molecule has 3 aliphatic heterocycles. The van der Waals surface area contributed by atoms with Crippen LogP contribution in [0.1, 0.15) is 136 Å². The van der Waals surface area contributed by atoms with Crippen molar-refractivity contribution in [1.82, 2.24) is 0 Å². The molecule has 21 nitrogen and oxygen atoms in total. The van der Waals surface area contributed by atoms with Crippen LogP contribution in [-0.2, 0) is 44.5 Å². The minimum absolute atomic E-state index is 0.0222. The summed E-state index contributed by atoms with van der Waals surface area (Å²) >= 11 is 12.0. The van der Waals surface area contributed by atoms with E-state index in [1.54, 1.807) is 128 Å². The van der Waals surface area contributed by atoms with E-state index in [2.05, 4.69) is 14.2 Å². The quantitative estimate of drug-likeness (QED) is 0.0508. The van der Waals surface area contributed by atoms with Crippen LogP contribution in [0.25, 0.3) is 0 Å². The number of methoxy groups -OCH3 is 3. The Hall–Kier alpha value is -10.1. The fourth-order valence-corrected chi connectivity index (χ4v) is 19.7. The van der Waals surface area contributed by atoms with Crippen molar-refractivity contribution in [3.05, 3.63) is 232 Å². The van der Waals surface area contributed by atoms with Crippen molar-refractivity contribution in [2.75, 3.05) is 69.8 Å². The summed E-state index contributed by atoms with van der Waals surface area (Å²) in [7, 11) is -7.19. The Bertz CT molecular complexity index is 5340. The second kappa shape index (κ2) is 35.5. The van der Waals surface area contributed by atoms with Gasteiger partial charge in [0.15, 0.2) is 34.5 Å². The van der Waals surface area contributed by atoms with Gasteiger partial charge in [0, 0.05) is 73.7 Å². The average molecular weight is 1640 g/mol. The number of ether oxygens (including phenoxy) is 6. The second-order valence-corrected chi connectivity index (χ2v) is 34.6. The number of nitrogens with one attached hydrogen (secondary N) is 3. The van der Waals surface area contributed by atoms with Gasteiger partial charge >= 0.3 is 0 Å². The summed E-state index contributed by atoms with van der Waals surface area (Å²) in [6, 6.07) is 50.9. The van der Waals surface area contributed by atoms with Crippen molar-refractivity contribution in [2.45, 2.75) is 154 Å². The third-order valence-corrected chi connectivity index (χ3v) is 26.2. The highest BCUT2D eigenvalue weighted by atomic mass is 35.5. The number of nitrogens with zero attached hydrogens (tertiary/aromatic N) is 3. The number of rotatable bonds is 24. The Morgan fingerprint density at radius 1 is 0.381 bits per heavy atom. The normalized spacial score (nSPS) is 18.2. The van der Waals surface area contributed by atoms with E-state index < -0.39 is 46.6 Å². The van der Waals surface area contributed by atoms with Crippen LogP contribution in [0, 0.1) is 18.6 Å². The van der Waals surface area contributed by atoms with Gasteiger partial charge in [-0.05, 0) is 234 Å². The van der Waals surface area contributed by atoms with Gasteiger partial charge in [0.25, 0.3) is 30.1 Å². The van der Waals surface area contributed by atoms with Crippen LogP contribution >= 0.6 is 23.2 Å². The first-order valence-electron chi connectivity index (χ1n) is 37.6. The van der Waals surface area contributed by atoms with Crippen LogP contribution in [0.3, 0.4) is 0 Å². The molecule has 3 N–H and O–H groups in total. The van der Waals surface area contributed by atoms with Gasteiger partial charge in [-0.15, -0.1) is 0 Å². The van der Waals surface area contributed by atoms with E-state index in [0.29, 0.717) is 102 Å². The van der Waals surface area contributed by atoms with E-state index in [1.165, 1.54) is 31.0 Å². The molecule has 3 amide bonds. The Balaban J connectivity index is 0.000000148. The van der Waals surface area contributed by atoms with Crippen molar-refractivity contribution in [3.8, 4) is 34.5 Å². The molecule has 0 aromatic heterocycles. The summed E-state index contributed by atoms with van der Waals surface area (Å²) in [5, 5.41) is -0.132. The summed E-state index contributed by atoms with van der Waals surface area (Å²) in [5.74, 6) is 2.33. The van der Waals surface area contributed by atoms with E-state index >= 15 is 0 Å². The maximum absolute atomic E-state index is 14.1. The van der Waals surface area contributed by atoms with Crippen LogP contribution in [-0.4, -0.2) is 102 Å². The summed E-state index contributed by atoms with van der Waals surface area (Å²) < 4.78 is 148. The molecule has 3 aliphatic carbocycles. The van der Waals surface area contributed by atoms with Gasteiger partial charge in [-0.1, -0.05) is 83.9 Å². The molecule has 113 heavy (non-hydrogen) atoms. The third-order valence-electron chi connectivity index (χ3n) is 21.1. The molecule has 0 bridgehead atoms. The molecule has 3 atom stereocenters. The van der Waals surface area contributed by atoms with Gasteiger partial charge < -0.3 is 43.1 Å². The van der Waals surface area contributed by atoms with Crippen molar-refractivity contribution >= 4 is 105 Å². The number of benzene rings is 9. The lowest BCUT2D eigenvalue weighted by molar-refractivity contribution is -0.118. The number of halogens is 4. The molecule has 0 spiro atoms. The molecule has 6 fully saturated rings. The number of anilines is 6. The van der Waals surface area contributed by atoms with Crippen LogP contribution in [0.5, 0.6) is 34.5 Å². The Morgan fingerprint density at radius 3 is 1.12 bits per heavy atom. The molecule has 0 radical (unpaired) electrons. The van der Waals surface area contributed by atoms with E-state index in [4.69, 9.17) is 51.6 Å². The van der Waals surface area contributed by atoms with Gasteiger partial charge in [0.05, 0.1) is 71.6 Å². The van der Waals surface area contributed by atoms with Gasteiger partial charge in [0.2, 0.25) is 17.7 Å². The molecule has 3 heterocycles. The molecule has 28 heteroatoms. The maximum Gasteiger partial charge on any atom is 0.264 e. The Labute approximate surface area is 667 Å². The number of hydrogen-bond acceptors (Lipinski definition) is 15.